The summed E-state index contributed by atoms with van der Waals surface area (Å²) in [5.41, 5.74) is 2.34. The SMILES string of the molecule is Cc1ccc(OCCCN2C(=O)C(=O)N(C(C)C)C2=O)cc1C. The van der Waals surface area contributed by atoms with Crippen molar-refractivity contribution >= 4 is 17.8 Å². The van der Waals surface area contributed by atoms with Crippen molar-refractivity contribution in [1.29, 1.82) is 0 Å². The maximum atomic E-state index is 12.1. The molecule has 1 aliphatic heterocycles. The number of ether oxygens (including phenoxy) is 1. The van der Waals surface area contributed by atoms with Crippen molar-refractivity contribution in [3.05, 3.63) is 29.3 Å². The number of nitrogens with zero attached hydrogens (tertiary/aromatic N) is 2. The highest BCUT2D eigenvalue weighted by atomic mass is 16.5. The van der Waals surface area contributed by atoms with Gasteiger partial charge in [0, 0.05) is 12.6 Å². The van der Waals surface area contributed by atoms with E-state index >= 15 is 0 Å². The summed E-state index contributed by atoms with van der Waals surface area (Å²) in [6.45, 7) is 7.99. The van der Waals surface area contributed by atoms with Crippen LogP contribution in [0, 0.1) is 13.8 Å². The number of urea groups is 1. The Bertz CT molecular complexity index is 639. The van der Waals surface area contributed by atoms with E-state index in [-0.39, 0.29) is 12.6 Å². The fraction of sp³-hybridized carbons (Fsp3) is 0.471. The molecule has 1 heterocycles. The number of rotatable bonds is 6. The number of aryl methyl sites for hydroxylation is 2. The number of carbonyl (C=O) groups is 3. The van der Waals surface area contributed by atoms with Crippen LogP contribution in [0.2, 0.25) is 0 Å². The lowest BCUT2D eigenvalue weighted by Gasteiger charge is -2.18. The molecule has 124 valence electrons. The zero-order valence-electron chi connectivity index (χ0n) is 14.0. The average molecular weight is 318 g/mol. The van der Waals surface area contributed by atoms with Crippen molar-refractivity contribution in [3.8, 4) is 5.75 Å². The lowest BCUT2D eigenvalue weighted by molar-refractivity contribution is -0.143. The Balaban J connectivity index is 1.86. The summed E-state index contributed by atoms with van der Waals surface area (Å²) in [6, 6.07) is 4.96. The van der Waals surface area contributed by atoms with E-state index in [4.69, 9.17) is 4.74 Å². The molecule has 0 saturated carbocycles. The van der Waals surface area contributed by atoms with E-state index in [2.05, 4.69) is 0 Å². The molecule has 1 aliphatic rings. The Kier molecular flexibility index (Phi) is 5.03. The van der Waals surface area contributed by atoms with Gasteiger partial charge in [-0.05, 0) is 57.4 Å². The highest BCUT2D eigenvalue weighted by Crippen LogP contribution is 2.18. The maximum absolute atomic E-state index is 12.1. The molecule has 23 heavy (non-hydrogen) atoms. The molecule has 1 fully saturated rings. The van der Waals surface area contributed by atoms with Crippen LogP contribution in [0.4, 0.5) is 4.79 Å². The van der Waals surface area contributed by atoms with Gasteiger partial charge in [0.2, 0.25) is 0 Å². The molecule has 2 rings (SSSR count). The molecule has 1 aromatic rings. The second-order valence-corrected chi connectivity index (χ2v) is 5.96. The highest BCUT2D eigenvalue weighted by Gasteiger charge is 2.45. The van der Waals surface area contributed by atoms with E-state index in [9.17, 15) is 14.4 Å². The molecule has 0 radical (unpaired) electrons. The summed E-state index contributed by atoms with van der Waals surface area (Å²) in [7, 11) is 0. The van der Waals surface area contributed by atoms with Crippen molar-refractivity contribution < 1.29 is 19.1 Å². The van der Waals surface area contributed by atoms with Gasteiger partial charge >= 0.3 is 17.8 Å². The third-order valence-electron chi connectivity index (χ3n) is 3.87. The maximum Gasteiger partial charge on any atom is 0.334 e. The van der Waals surface area contributed by atoms with Gasteiger partial charge in [-0.3, -0.25) is 19.4 Å². The standard InChI is InChI=1S/C17H22N2O4/c1-11(2)19-16(21)15(20)18(17(19)22)8-5-9-23-14-7-6-12(3)13(4)10-14/h6-7,10-11H,5,8-9H2,1-4H3. The van der Waals surface area contributed by atoms with E-state index in [1.165, 1.54) is 5.56 Å². The molecule has 4 amide bonds. The minimum absolute atomic E-state index is 0.178. The summed E-state index contributed by atoms with van der Waals surface area (Å²) in [6.07, 6.45) is 0.476. The molecule has 1 aromatic carbocycles. The lowest BCUT2D eigenvalue weighted by atomic mass is 10.1. The van der Waals surface area contributed by atoms with E-state index < -0.39 is 17.8 Å². The number of benzene rings is 1. The third kappa shape index (κ3) is 3.52. The summed E-state index contributed by atoms with van der Waals surface area (Å²) in [5.74, 6) is -0.748. The lowest BCUT2D eigenvalue weighted by Crippen LogP contribution is -2.38. The summed E-state index contributed by atoms with van der Waals surface area (Å²) < 4.78 is 5.63. The summed E-state index contributed by atoms with van der Waals surface area (Å²) in [4.78, 5) is 37.7. The van der Waals surface area contributed by atoms with Gasteiger partial charge in [-0.15, -0.1) is 0 Å². The predicted octanol–water partition coefficient (Wildman–Crippen LogP) is 2.27. The number of hydrogen-bond donors (Lipinski definition) is 0. The zero-order chi connectivity index (χ0) is 17.1. The van der Waals surface area contributed by atoms with Crippen LogP contribution in [-0.4, -0.2) is 46.8 Å². The van der Waals surface area contributed by atoms with Gasteiger partial charge in [0.1, 0.15) is 5.75 Å². The first-order chi connectivity index (χ1) is 10.8. The normalized spacial score (nSPS) is 15.1. The van der Waals surface area contributed by atoms with Crippen LogP contribution in [0.25, 0.3) is 0 Å². The number of carbonyl (C=O) groups excluding carboxylic acids is 3. The molecular weight excluding hydrogens is 296 g/mol. The first-order valence-electron chi connectivity index (χ1n) is 7.72. The van der Waals surface area contributed by atoms with Crippen LogP contribution >= 0.6 is 0 Å². The molecule has 0 aliphatic carbocycles. The highest BCUT2D eigenvalue weighted by molar-refractivity contribution is 6.44. The smallest absolute Gasteiger partial charge is 0.334 e. The van der Waals surface area contributed by atoms with E-state index in [1.54, 1.807) is 13.8 Å². The van der Waals surface area contributed by atoms with Crippen LogP contribution in [0.3, 0.4) is 0 Å². The van der Waals surface area contributed by atoms with E-state index in [0.29, 0.717) is 13.0 Å². The second kappa shape index (κ2) is 6.81. The van der Waals surface area contributed by atoms with Crippen LogP contribution in [0.5, 0.6) is 5.75 Å². The van der Waals surface area contributed by atoms with Gasteiger partial charge < -0.3 is 4.74 Å². The average Bonchev–Trinajstić information content (AvgIpc) is 2.70. The Morgan fingerprint density at radius 1 is 1.04 bits per heavy atom. The fourth-order valence-corrected chi connectivity index (χ4v) is 2.39. The van der Waals surface area contributed by atoms with Crippen LogP contribution < -0.4 is 4.74 Å². The number of imide groups is 2. The third-order valence-corrected chi connectivity index (χ3v) is 3.87. The van der Waals surface area contributed by atoms with Crippen molar-refractivity contribution in [2.24, 2.45) is 0 Å². The quantitative estimate of drug-likeness (QED) is 0.458. The van der Waals surface area contributed by atoms with Gasteiger partial charge in [0.05, 0.1) is 6.61 Å². The second-order valence-electron chi connectivity index (χ2n) is 5.96. The Labute approximate surface area is 136 Å². The van der Waals surface area contributed by atoms with Crippen LogP contribution in [0.1, 0.15) is 31.4 Å². The Morgan fingerprint density at radius 3 is 2.30 bits per heavy atom. The van der Waals surface area contributed by atoms with E-state index in [0.717, 1.165) is 21.1 Å². The van der Waals surface area contributed by atoms with Gasteiger partial charge in [-0.25, -0.2) is 4.79 Å². The van der Waals surface area contributed by atoms with Gasteiger partial charge in [-0.1, -0.05) is 6.07 Å². The van der Waals surface area contributed by atoms with E-state index in [1.807, 2.05) is 32.0 Å². The summed E-state index contributed by atoms with van der Waals surface area (Å²) >= 11 is 0. The van der Waals surface area contributed by atoms with Crippen molar-refractivity contribution in [2.45, 2.75) is 40.2 Å². The molecule has 0 bridgehead atoms. The molecule has 0 aromatic heterocycles. The molecule has 6 heteroatoms. The number of amides is 4. The molecule has 6 nitrogen and oxygen atoms in total. The topological polar surface area (TPSA) is 66.9 Å². The molecule has 0 N–H and O–H groups in total. The van der Waals surface area contributed by atoms with Crippen molar-refractivity contribution in [2.75, 3.05) is 13.2 Å². The minimum Gasteiger partial charge on any atom is -0.494 e. The minimum atomic E-state index is -0.755. The Hall–Kier alpha value is -2.37. The predicted molar refractivity (Wildman–Crippen MR) is 85.1 cm³/mol. The fourth-order valence-electron chi connectivity index (χ4n) is 2.39. The van der Waals surface area contributed by atoms with Gasteiger partial charge in [0.15, 0.2) is 0 Å². The van der Waals surface area contributed by atoms with Crippen LogP contribution in [0.15, 0.2) is 18.2 Å². The van der Waals surface area contributed by atoms with Crippen LogP contribution in [-0.2, 0) is 9.59 Å². The van der Waals surface area contributed by atoms with Gasteiger partial charge in [-0.2, -0.15) is 0 Å². The molecule has 0 unspecified atom stereocenters. The molecule has 0 spiro atoms. The first kappa shape index (κ1) is 17.0. The monoisotopic (exact) mass is 318 g/mol. The zero-order valence-corrected chi connectivity index (χ0v) is 14.0. The molecule has 1 saturated heterocycles. The van der Waals surface area contributed by atoms with Gasteiger partial charge in [0.25, 0.3) is 0 Å². The van der Waals surface area contributed by atoms with Crippen molar-refractivity contribution in [1.82, 2.24) is 9.80 Å². The number of hydrogen-bond acceptors (Lipinski definition) is 4. The largest absolute Gasteiger partial charge is 0.494 e. The first-order valence-corrected chi connectivity index (χ1v) is 7.72. The Morgan fingerprint density at radius 2 is 1.74 bits per heavy atom. The molecular formula is C17H22N2O4. The molecule has 0 atom stereocenters. The van der Waals surface area contributed by atoms with Crippen molar-refractivity contribution in [3.63, 3.8) is 0 Å². The summed E-state index contributed by atoms with van der Waals surface area (Å²) in [5, 5.41) is 0.